The molecule has 0 bridgehead atoms. The zero-order valence-corrected chi connectivity index (χ0v) is 36.3. The Hall–Kier alpha value is -8.38. The Morgan fingerprint density at radius 2 is 0.754 bits per heavy atom. The van der Waals surface area contributed by atoms with E-state index < -0.39 is 8.07 Å². The molecule has 4 heterocycles. The second kappa shape index (κ2) is 13.8. The van der Waals surface area contributed by atoms with Gasteiger partial charge in [-0.1, -0.05) is 158 Å². The highest BCUT2D eigenvalue weighted by Crippen LogP contribution is 2.43. The molecule has 5 heteroatoms. The highest BCUT2D eigenvalue weighted by Gasteiger charge is 2.44. The summed E-state index contributed by atoms with van der Waals surface area (Å²) in [6.07, 6.45) is 0. The number of nitrogens with zero attached hydrogens (tertiary/aromatic N) is 3. The lowest BCUT2D eigenvalue weighted by Crippen LogP contribution is -2.74. The molecule has 0 amide bonds. The zero-order chi connectivity index (χ0) is 42.6. The number of fused-ring (bicyclic) bond motifs is 6. The summed E-state index contributed by atoms with van der Waals surface area (Å²) in [5.41, 5.74) is 12.5. The van der Waals surface area contributed by atoms with Crippen LogP contribution in [0.3, 0.4) is 0 Å². The lowest BCUT2D eigenvalue weighted by atomic mass is 10.1. The van der Waals surface area contributed by atoms with Gasteiger partial charge in [-0.25, -0.2) is 0 Å². The first-order valence-corrected chi connectivity index (χ1v) is 24.3. The predicted octanol–water partition coefficient (Wildman–Crippen LogP) is 12.5. The maximum absolute atomic E-state index is 6.93. The molecule has 0 spiro atoms. The average molecular weight is 846 g/mol. The monoisotopic (exact) mass is 845 g/mol. The number of furan rings is 1. The molecule has 4 aromatic heterocycles. The van der Waals surface area contributed by atoms with E-state index in [1.807, 2.05) is 0 Å². The molecule has 0 saturated heterocycles. The molecule has 0 aliphatic heterocycles. The predicted molar refractivity (Wildman–Crippen MR) is 274 cm³/mol. The molecule has 14 aromatic rings. The Labute approximate surface area is 375 Å². The van der Waals surface area contributed by atoms with Crippen molar-refractivity contribution in [3.8, 4) is 17.1 Å². The van der Waals surface area contributed by atoms with Gasteiger partial charge in [-0.15, -0.1) is 0 Å². The smallest absolute Gasteiger partial charge is 0.184 e. The van der Waals surface area contributed by atoms with Crippen LogP contribution in [0.15, 0.2) is 241 Å². The number of para-hydroxylation sites is 4. The molecular weight excluding hydrogens is 807 g/mol. The minimum Gasteiger partial charge on any atom is -0.456 e. The topological polar surface area (TPSA) is 27.9 Å². The quantitative estimate of drug-likeness (QED) is 0.116. The molecule has 0 aliphatic carbocycles. The van der Waals surface area contributed by atoms with Crippen molar-refractivity contribution in [3.05, 3.63) is 237 Å². The van der Waals surface area contributed by atoms with Crippen LogP contribution in [0.25, 0.3) is 93.6 Å². The van der Waals surface area contributed by atoms with Gasteiger partial charge in [-0.05, 0) is 99.6 Å². The highest BCUT2D eigenvalue weighted by atomic mass is 28.3. The van der Waals surface area contributed by atoms with Crippen LogP contribution in [-0.2, 0) is 0 Å². The van der Waals surface area contributed by atoms with Crippen molar-refractivity contribution < 1.29 is 4.42 Å². The van der Waals surface area contributed by atoms with Crippen molar-refractivity contribution in [3.63, 3.8) is 0 Å². The SMILES string of the molecule is c1ccc(-n2c3cccc4c3c3c2cccc3n4-c2ccc3c(c2)c2ccccc2n3-c2cccc([Si](c3ccccc3)(c3ccccc3)c3cccc4c3oc3ccccc34)c2)cc1. The van der Waals surface area contributed by atoms with E-state index in [0.29, 0.717) is 0 Å². The second-order valence-corrected chi connectivity index (χ2v) is 21.0. The molecular formula is C60H39N3OSi. The van der Waals surface area contributed by atoms with Gasteiger partial charge in [0.05, 0.1) is 33.1 Å². The van der Waals surface area contributed by atoms with Crippen LogP contribution in [0.4, 0.5) is 0 Å². The fraction of sp³-hybridized carbons (Fsp3) is 0. The summed E-state index contributed by atoms with van der Waals surface area (Å²) in [4.78, 5) is 0. The van der Waals surface area contributed by atoms with Crippen molar-refractivity contribution in [2.45, 2.75) is 0 Å². The maximum Gasteiger partial charge on any atom is 0.184 e. The molecule has 0 aliphatic rings. The van der Waals surface area contributed by atoms with Crippen LogP contribution in [0.2, 0.25) is 0 Å². The third-order valence-electron chi connectivity index (χ3n) is 13.9. The van der Waals surface area contributed by atoms with E-state index in [4.69, 9.17) is 4.42 Å². The van der Waals surface area contributed by atoms with Crippen LogP contribution in [0.1, 0.15) is 0 Å². The molecule has 0 fully saturated rings. The standard InChI is InChI=1S/C60H39N3OSi/c1-4-18-40(19-5-1)61-52-30-16-32-54-58(52)59-53(61)31-17-33-55(59)63(54)42-36-37-51-49(39-42)46-26-10-12-29-50(46)62(51)41-20-14-25-45(38-41)65(43-21-6-2-7-22-43,44-23-8-3-9-24-44)57-35-15-28-48-47-27-11-13-34-56(47)64-60(48)57/h1-39H. The van der Waals surface area contributed by atoms with E-state index in [1.54, 1.807) is 0 Å². The van der Waals surface area contributed by atoms with Crippen LogP contribution in [0.5, 0.6) is 0 Å². The molecule has 0 saturated carbocycles. The summed E-state index contributed by atoms with van der Waals surface area (Å²) in [6.45, 7) is 0. The summed E-state index contributed by atoms with van der Waals surface area (Å²) < 4.78 is 14.3. The molecule has 304 valence electrons. The molecule has 4 nitrogen and oxygen atoms in total. The summed E-state index contributed by atoms with van der Waals surface area (Å²) in [5, 5.41) is 12.5. The minimum atomic E-state index is -3.04. The number of benzene rings is 10. The van der Waals surface area contributed by atoms with Crippen molar-refractivity contribution in [2.75, 3.05) is 0 Å². The molecule has 10 aromatic carbocycles. The molecule has 0 N–H and O–H groups in total. The van der Waals surface area contributed by atoms with Crippen molar-refractivity contribution in [1.29, 1.82) is 0 Å². The van der Waals surface area contributed by atoms with Crippen LogP contribution >= 0.6 is 0 Å². The Morgan fingerprint density at radius 3 is 1.45 bits per heavy atom. The van der Waals surface area contributed by atoms with E-state index in [9.17, 15) is 0 Å². The van der Waals surface area contributed by atoms with Gasteiger partial charge in [-0.3, -0.25) is 0 Å². The first kappa shape index (κ1) is 36.1. The van der Waals surface area contributed by atoms with Gasteiger partial charge in [0.1, 0.15) is 11.2 Å². The zero-order valence-electron chi connectivity index (χ0n) is 35.3. The van der Waals surface area contributed by atoms with Crippen molar-refractivity contribution in [2.24, 2.45) is 0 Å². The normalized spacial score (nSPS) is 12.3. The van der Waals surface area contributed by atoms with Crippen LogP contribution < -0.4 is 20.7 Å². The van der Waals surface area contributed by atoms with Crippen LogP contribution in [-0.4, -0.2) is 21.8 Å². The van der Waals surface area contributed by atoms with Gasteiger partial charge in [0.25, 0.3) is 0 Å². The Kier molecular flexibility index (Phi) is 7.68. The molecule has 14 rings (SSSR count). The van der Waals surface area contributed by atoms with Gasteiger partial charge in [0, 0.05) is 49.4 Å². The fourth-order valence-corrected chi connectivity index (χ4v) is 16.2. The van der Waals surface area contributed by atoms with E-state index >= 15 is 0 Å². The van der Waals surface area contributed by atoms with E-state index in [1.165, 1.54) is 81.1 Å². The number of hydrogen-bond donors (Lipinski definition) is 0. The van der Waals surface area contributed by atoms with E-state index in [2.05, 4.69) is 250 Å². The van der Waals surface area contributed by atoms with Crippen molar-refractivity contribution in [1.82, 2.24) is 13.7 Å². The largest absolute Gasteiger partial charge is 0.456 e. The summed E-state index contributed by atoms with van der Waals surface area (Å²) in [7, 11) is -3.04. The molecule has 65 heavy (non-hydrogen) atoms. The van der Waals surface area contributed by atoms with Crippen molar-refractivity contribution >= 4 is 105 Å². The Bertz CT molecular complexity index is 4010. The van der Waals surface area contributed by atoms with E-state index in [-0.39, 0.29) is 0 Å². The summed E-state index contributed by atoms with van der Waals surface area (Å²) in [5.74, 6) is 0. The lowest BCUT2D eigenvalue weighted by Gasteiger charge is -2.34. The number of rotatable bonds is 7. The summed E-state index contributed by atoms with van der Waals surface area (Å²) in [6, 6.07) is 87.0. The Balaban J connectivity index is 1.01. The summed E-state index contributed by atoms with van der Waals surface area (Å²) >= 11 is 0. The minimum absolute atomic E-state index is 0.908. The van der Waals surface area contributed by atoms with E-state index in [0.717, 1.165) is 33.3 Å². The van der Waals surface area contributed by atoms with Gasteiger partial charge in [0.15, 0.2) is 8.07 Å². The Morgan fingerprint density at radius 1 is 0.292 bits per heavy atom. The first-order chi connectivity index (χ1) is 32.3. The van der Waals surface area contributed by atoms with Crippen LogP contribution in [0, 0.1) is 0 Å². The van der Waals surface area contributed by atoms with Gasteiger partial charge in [0.2, 0.25) is 0 Å². The second-order valence-electron chi connectivity index (χ2n) is 17.2. The third-order valence-corrected chi connectivity index (χ3v) is 18.7. The fourth-order valence-electron chi connectivity index (χ4n) is 11.3. The number of aromatic nitrogens is 3. The highest BCUT2D eigenvalue weighted by molar-refractivity contribution is 7.20. The number of hydrogen-bond acceptors (Lipinski definition) is 1. The van der Waals surface area contributed by atoms with Gasteiger partial charge >= 0.3 is 0 Å². The molecule has 0 atom stereocenters. The molecule has 0 radical (unpaired) electrons. The lowest BCUT2D eigenvalue weighted by molar-refractivity contribution is 0.671. The van der Waals surface area contributed by atoms with Gasteiger partial charge < -0.3 is 18.1 Å². The maximum atomic E-state index is 6.93. The average Bonchev–Trinajstić information content (AvgIpc) is 4.12. The molecule has 0 unspecified atom stereocenters. The van der Waals surface area contributed by atoms with Gasteiger partial charge in [-0.2, -0.15) is 0 Å². The third kappa shape index (κ3) is 5.01. The first-order valence-electron chi connectivity index (χ1n) is 22.3.